The molecule has 3 heterocycles. The highest BCUT2D eigenvalue weighted by Crippen LogP contribution is 2.64. The molecule has 258 valence electrons. The van der Waals surface area contributed by atoms with Gasteiger partial charge in [0.25, 0.3) is 5.91 Å². The van der Waals surface area contributed by atoms with Gasteiger partial charge in [-0.15, -0.1) is 13.2 Å². The lowest BCUT2D eigenvalue weighted by atomic mass is 9.66. The molecule has 1 N–H and O–H groups in total. The van der Waals surface area contributed by atoms with Gasteiger partial charge in [-0.05, 0) is 89.1 Å². The molecule has 48 heavy (non-hydrogen) atoms. The maximum atomic E-state index is 15.1. The van der Waals surface area contributed by atoms with Crippen LogP contribution in [0.3, 0.4) is 0 Å². The number of likely N-dealkylation sites (tertiary alicyclic amines) is 1. The fraction of sp³-hybridized carbons (Fsp3) is 0.513. The number of anilines is 2. The van der Waals surface area contributed by atoms with Crippen LogP contribution in [-0.2, 0) is 30.3 Å². The standard InChI is InChI=1S/C39H51N3O6/c1-6-10-11-15-25-47-37(46)33-32-35(44)42(31(27-43)26-28-16-13-12-14-17-28)34(39(32)23-22-38(33,5)48-39)36(45)41(24-7-2)30-20-18-29(19-21-30)40(8-3)9-4/h6-7,12-14,16-21,31-34,43H,1-2,8-11,15,22-27H2,3-5H3/t31-,32+,33-,34?,38+,39?/m1/s1. The fourth-order valence-corrected chi connectivity index (χ4v) is 8.22. The van der Waals surface area contributed by atoms with Gasteiger partial charge in [0.1, 0.15) is 17.6 Å². The summed E-state index contributed by atoms with van der Waals surface area (Å²) in [5.74, 6) is -2.92. The van der Waals surface area contributed by atoms with Gasteiger partial charge in [-0.2, -0.15) is 0 Å². The van der Waals surface area contributed by atoms with Crippen molar-refractivity contribution in [3.63, 3.8) is 0 Å². The second kappa shape index (κ2) is 15.1. The molecule has 1 spiro atoms. The third-order valence-electron chi connectivity index (χ3n) is 10.5. The monoisotopic (exact) mass is 657 g/mol. The number of aliphatic hydroxyl groups excluding tert-OH is 1. The Balaban J connectivity index is 1.55. The predicted molar refractivity (Wildman–Crippen MR) is 188 cm³/mol. The molecule has 6 atom stereocenters. The van der Waals surface area contributed by atoms with Crippen LogP contribution < -0.4 is 9.80 Å². The fourth-order valence-electron chi connectivity index (χ4n) is 8.22. The largest absolute Gasteiger partial charge is 0.465 e. The zero-order valence-corrected chi connectivity index (χ0v) is 28.7. The van der Waals surface area contributed by atoms with Crippen molar-refractivity contribution in [3.05, 3.63) is 85.5 Å². The Labute approximate surface area is 285 Å². The van der Waals surface area contributed by atoms with Gasteiger partial charge < -0.3 is 29.3 Å². The van der Waals surface area contributed by atoms with Crippen LogP contribution in [0.1, 0.15) is 58.4 Å². The molecular weight excluding hydrogens is 606 g/mol. The molecule has 0 saturated carbocycles. The zero-order valence-electron chi connectivity index (χ0n) is 28.7. The second-order valence-electron chi connectivity index (χ2n) is 13.4. The minimum Gasteiger partial charge on any atom is -0.465 e. The van der Waals surface area contributed by atoms with Crippen molar-refractivity contribution >= 4 is 29.2 Å². The van der Waals surface area contributed by atoms with E-state index in [4.69, 9.17) is 9.47 Å². The molecule has 5 rings (SSSR count). The average molecular weight is 658 g/mol. The smallest absolute Gasteiger partial charge is 0.312 e. The van der Waals surface area contributed by atoms with Gasteiger partial charge in [-0.3, -0.25) is 14.4 Å². The van der Waals surface area contributed by atoms with Crippen LogP contribution in [0.25, 0.3) is 0 Å². The number of amides is 2. The first-order valence-corrected chi connectivity index (χ1v) is 17.4. The first-order chi connectivity index (χ1) is 23.2. The Morgan fingerprint density at radius 3 is 2.35 bits per heavy atom. The summed E-state index contributed by atoms with van der Waals surface area (Å²) >= 11 is 0. The second-order valence-corrected chi connectivity index (χ2v) is 13.4. The number of aliphatic hydroxyl groups is 1. The quantitative estimate of drug-likeness (QED) is 0.140. The maximum absolute atomic E-state index is 15.1. The van der Waals surface area contributed by atoms with E-state index in [1.54, 1.807) is 11.0 Å². The number of hydrogen-bond donors (Lipinski definition) is 1. The van der Waals surface area contributed by atoms with Gasteiger partial charge in [0.05, 0.1) is 30.8 Å². The van der Waals surface area contributed by atoms with Crippen molar-refractivity contribution in [2.75, 3.05) is 42.6 Å². The highest BCUT2D eigenvalue weighted by molar-refractivity contribution is 6.05. The molecule has 9 nitrogen and oxygen atoms in total. The number of allylic oxidation sites excluding steroid dienone is 1. The van der Waals surface area contributed by atoms with E-state index < -0.39 is 41.1 Å². The van der Waals surface area contributed by atoms with E-state index in [0.717, 1.165) is 37.2 Å². The number of carbonyl (C=O) groups is 3. The SMILES string of the molecule is C=CCCCCOC(=O)[C@H]1[C@H]2C(=O)N([C@@H](CO)Cc3ccccc3)C(C(=O)N(CC=C)c3ccc(N(CC)CC)cc3)C23CC[C@]1(C)O3. The molecular formula is C39H51N3O6. The van der Waals surface area contributed by atoms with Gasteiger partial charge in [0.2, 0.25) is 5.91 Å². The Hall–Kier alpha value is -3.95. The molecule has 2 unspecified atom stereocenters. The molecule has 2 aromatic rings. The van der Waals surface area contributed by atoms with Crippen molar-refractivity contribution in [1.82, 2.24) is 4.90 Å². The van der Waals surface area contributed by atoms with Crippen LogP contribution in [-0.4, -0.2) is 83.9 Å². The normalized spacial score (nSPS) is 26.2. The number of benzene rings is 2. The highest BCUT2D eigenvalue weighted by atomic mass is 16.6. The number of nitrogens with zero attached hydrogens (tertiary/aromatic N) is 3. The number of fused-ring (bicyclic) bond motifs is 1. The summed E-state index contributed by atoms with van der Waals surface area (Å²) in [6.45, 7) is 15.5. The summed E-state index contributed by atoms with van der Waals surface area (Å²) in [6.07, 6.45) is 7.14. The topological polar surface area (TPSA) is 99.6 Å². The van der Waals surface area contributed by atoms with Crippen molar-refractivity contribution in [2.24, 2.45) is 11.8 Å². The minimum atomic E-state index is -1.25. The molecule has 9 heteroatoms. The summed E-state index contributed by atoms with van der Waals surface area (Å²) < 4.78 is 12.6. The number of hydrogen-bond acceptors (Lipinski definition) is 7. The van der Waals surface area contributed by atoms with Crippen molar-refractivity contribution in [2.45, 2.75) is 82.6 Å². The zero-order chi connectivity index (χ0) is 34.5. The molecule has 0 radical (unpaired) electrons. The molecule has 3 aliphatic heterocycles. The lowest BCUT2D eigenvalue weighted by molar-refractivity contribution is -0.160. The Kier molecular flexibility index (Phi) is 11.1. The Morgan fingerprint density at radius 2 is 1.73 bits per heavy atom. The van der Waals surface area contributed by atoms with E-state index in [0.29, 0.717) is 31.4 Å². The summed E-state index contributed by atoms with van der Waals surface area (Å²) in [4.78, 5) is 49.0. The van der Waals surface area contributed by atoms with Gasteiger partial charge in [-0.1, -0.05) is 42.5 Å². The number of esters is 1. The van der Waals surface area contributed by atoms with Crippen LogP contribution in [0.15, 0.2) is 79.9 Å². The van der Waals surface area contributed by atoms with E-state index in [9.17, 15) is 14.7 Å². The van der Waals surface area contributed by atoms with Crippen LogP contribution in [0.2, 0.25) is 0 Å². The van der Waals surface area contributed by atoms with Crippen LogP contribution in [0.5, 0.6) is 0 Å². The van der Waals surface area contributed by atoms with E-state index in [1.807, 2.05) is 67.6 Å². The van der Waals surface area contributed by atoms with Crippen molar-refractivity contribution in [3.8, 4) is 0 Å². The molecule has 0 aliphatic carbocycles. The Morgan fingerprint density at radius 1 is 1.04 bits per heavy atom. The van der Waals surface area contributed by atoms with E-state index in [2.05, 4.69) is 31.9 Å². The summed E-state index contributed by atoms with van der Waals surface area (Å²) in [6, 6.07) is 15.7. The first-order valence-electron chi connectivity index (χ1n) is 17.4. The van der Waals surface area contributed by atoms with Crippen molar-refractivity contribution in [1.29, 1.82) is 0 Å². The average Bonchev–Trinajstić information content (AvgIpc) is 3.67. The predicted octanol–water partition coefficient (Wildman–Crippen LogP) is 5.32. The third-order valence-corrected chi connectivity index (χ3v) is 10.5. The Bertz CT molecular complexity index is 1460. The lowest BCUT2D eigenvalue weighted by Gasteiger charge is -2.39. The van der Waals surface area contributed by atoms with Crippen molar-refractivity contribution < 1.29 is 29.0 Å². The van der Waals surface area contributed by atoms with Gasteiger partial charge in [0, 0.05) is 31.0 Å². The van der Waals surface area contributed by atoms with Gasteiger partial charge >= 0.3 is 5.97 Å². The number of unbranched alkanes of at least 4 members (excludes halogenated alkanes) is 2. The van der Waals surface area contributed by atoms with E-state index in [-0.39, 0.29) is 31.6 Å². The molecule has 3 saturated heterocycles. The summed E-state index contributed by atoms with van der Waals surface area (Å²) in [5.41, 5.74) is 0.436. The van der Waals surface area contributed by atoms with Crippen LogP contribution in [0, 0.1) is 11.8 Å². The molecule has 0 aromatic heterocycles. The minimum absolute atomic E-state index is 0.207. The van der Waals surface area contributed by atoms with Crippen LogP contribution in [0.4, 0.5) is 11.4 Å². The number of rotatable bonds is 17. The summed E-state index contributed by atoms with van der Waals surface area (Å²) in [7, 11) is 0. The number of carbonyl (C=O) groups excluding carboxylic acids is 3. The molecule has 2 bridgehead atoms. The third kappa shape index (κ3) is 6.42. The number of ether oxygens (including phenoxy) is 2. The first kappa shape index (κ1) is 35.4. The summed E-state index contributed by atoms with van der Waals surface area (Å²) in [5, 5.41) is 10.8. The maximum Gasteiger partial charge on any atom is 0.312 e. The lowest BCUT2D eigenvalue weighted by Crippen LogP contribution is -2.59. The van der Waals surface area contributed by atoms with Gasteiger partial charge in [-0.25, -0.2) is 0 Å². The van der Waals surface area contributed by atoms with Crippen LogP contribution >= 0.6 is 0 Å². The van der Waals surface area contributed by atoms with E-state index in [1.165, 1.54) is 4.90 Å². The van der Waals surface area contributed by atoms with E-state index >= 15 is 4.79 Å². The highest BCUT2D eigenvalue weighted by Gasteiger charge is 2.79. The molecule has 3 aliphatic rings. The molecule has 2 amide bonds. The van der Waals surface area contributed by atoms with Gasteiger partial charge in [0.15, 0.2) is 0 Å². The molecule has 2 aromatic carbocycles. The molecule has 3 fully saturated rings.